The molecule has 0 radical (unpaired) electrons. The lowest BCUT2D eigenvalue weighted by Gasteiger charge is -2.23. The lowest BCUT2D eigenvalue weighted by molar-refractivity contribution is -0.117. The van der Waals surface area contributed by atoms with Gasteiger partial charge in [0, 0.05) is 30.5 Å². The van der Waals surface area contributed by atoms with Crippen molar-refractivity contribution in [3.63, 3.8) is 0 Å². The molecule has 1 aromatic rings. The summed E-state index contributed by atoms with van der Waals surface area (Å²) in [5.74, 6) is -0.120. The van der Waals surface area contributed by atoms with Gasteiger partial charge in [0.25, 0.3) is 0 Å². The van der Waals surface area contributed by atoms with E-state index in [9.17, 15) is 4.79 Å². The molecule has 28 heavy (non-hydrogen) atoms. The third-order valence-corrected chi connectivity index (χ3v) is 4.07. The van der Waals surface area contributed by atoms with Gasteiger partial charge in [0.05, 0.1) is 6.54 Å². The minimum absolute atomic E-state index is 0.120. The van der Waals surface area contributed by atoms with Crippen LogP contribution >= 0.6 is 0 Å². The highest BCUT2D eigenvalue weighted by Crippen LogP contribution is 2.10. The Morgan fingerprint density at radius 2 is 1.86 bits per heavy atom. The maximum atomic E-state index is 12.5. The Morgan fingerprint density at radius 3 is 2.46 bits per heavy atom. The first kappa shape index (κ1) is 23.8. The number of benzene rings is 1. The molecule has 1 atom stereocenters. The Kier molecular flexibility index (Phi) is 11.7. The molecular formula is C22H35N5O. The Hall–Kier alpha value is -2.28. The van der Waals surface area contributed by atoms with Crippen molar-refractivity contribution in [3.05, 3.63) is 54.1 Å². The third-order valence-electron chi connectivity index (χ3n) is 4.07. The van der Waals surface area contributed by atoms with E-state index >= 15 is 0 Å². The van der Waals surface area contributed by atoms with E-state index in [2.05, 4.69) is 12.2 Å². The summed E-state index contributed by atoms with van der Waals surface area (Å²) in [6.45, 7) is 5.76. The number of carbonyl (C=O) groups excluding carboxylic acids is 1. The summed E-state index contributed by atoms with van der Waals surface area (Å²) in [6, 6.07) is 7.53. The Labute approximate surface area is 169 Å². The molecule has 1 unspecified atom stereocenters. The zero-order valence-electron chi connectivity index (χ0n) is 17.2. The number of nitrogens with zero attached hydrogens (tertiary/aromatic N) is 1. The summed E-state index contributed by atoms with van der Waals surface area (Å²) in [4.78, 5) is 14.4. The molecule has 0 aliphatic heterocycles. The van der Waals surface area contributed by atoms with Gasteiger partial charge in [-0.15, -0.1) is 0 Å². The van der Waals surface area contributed by atoms with Gasteiger partial charge < -0.3 is 22.2 Å². The number of hydrogen-bond acceptors (Lipinski definition) is 5. The van der Waals surface area contributed by atoms with Crippen molar-refractivity contribution in [1.82, 2.24) is 4.90 Å². The highest BCUT2D eigenvalue weighted by molar-refractivity contribution is 5.95. The zero-order chi connectivity index (χ0) is 20.8. The summed E-state index contributed by atoms with van der Waals surface area (Å²) in [7, 11) is 0. The van der Waals surface area contributed by atoms with Crippen LogP contribution in [0, 0.1) is 5.41 Å². The van der Waals surface area contributed by atoms with Crippen molar-refractivity contribution in [2.24, 2.45) is 11.5 Å². The average Bonchev–Trinajstić information content (AvgIpc) is 2.66. The van der Waals surface area contributed by atoms with Crippen LogP contribution in [-0.2, 0) is 11.2 Å². The molecule has 0 aliphatic rings. The molecule has 6 nitrogen and oxygen atoms in total. The number of carbonyl (C=O) groups is 1. The number of nitrogens with one attached hydrogen (secondary N) is 2. The van der Waals surface area contributed by atoms with Crippen LogP contribution in [0.4, 0.5) is 5.69 Å². The van der Waals surface area contributed by atoms with Crippen molar-refractivity contribution >= 4 is 17.3 Å². The molecule has 0 saturated heterocycles. The number of anilines is 1. The number of amides is 1. The predicted octanol–water partition coefficient (Wildman–Crippen LogP) is 2.71. The topological polar surface area (TPSA) is 108 Å². The standard InChI is InChI=1S/C22H35N5O/c1-3-5-7-19(24)15-27(16-20(25)8-6-4-2)17-22(28)26-21-11-9-18(10-12-21)13-14-23/h5-12,19,25H,3-4,13-17,23-24H2,1-2H3,(H,26,28)/b7-5?,8-6-,25-20?. The van der Waals surface area contributed by atoms with Crippen molar-refractivity contribution in [2.75, 3.05) is 31.5 Å². The maximum Gasteiger partial charge on any atom is 0.238 e. The van der Waals surface area contributed by atoms with Gasteiger partial charge in [-0.1, -0.05) is 44.2 Å². The highest BCUT2D eigenvalue weighted by atomic mass is 16.2. The first-order valence-corrected chi connectivity index (χ1v) is 9.95. The van der Waals surface area contributed by atoms with Gasteiger partial charge in [0.2, 0.25) is 5.91 Å². The van der Waals surface area contributed by atoms with Crippen LogP contribution in [0.1, 0.15) is 32.3 Å². The zero-order valence-corrected chi connectivity index (χ0v) is 17.2. The van der Waals surface area contributed by atoms with Gasteiger partial charge in [-0.05, 0) is 49.6 Å². The number of nitrogens with two attached hydrogens (primary N) is 2. The van der Waals surface area contributed by atoms with Crippen molar-refractivity contribution < 1.29 is 4.79 Å². The van der Waals surface area contributed by atoms with Crippen LogP contribution < -0.4 is 16.8 Å². The third kappa shape index (κ3) is 10.2. The van der Waals surface area contributed by atoms with E-state index in [1.807, 2.05) is 54.3 Å². The summed E-state index contributed by atoms with van der Waals surface area (Å²) >= 11 is 0. The molecule has 0 saturated carbocycles. The fraction of sp³-hybridized carbons (Fsp3) is 0.455. The van der Waals surface area contributed by atoms with Gasteiger partial charge in [-0.3, -0.25) is 9.69 Å². The van der Waals surface area contributed by atoms with Crippen LogP contribution in [0.3, 0.4) is 0 Å². The van der Waals surface area contributed by atoms with Crippen LogP contribution in [0.15, 0.2) is 48.6 Å². The SMILES string of the molecule is CCC=CC(N)CN(CC(=N)/C=C\CC)CC(=O)Nc1ccc(CCN)cc1. The molecule has 0 aromatic heterocycles. The molecule has 154 valence electrons. The van der Waals surface area contributed by atoms with Crippen LogP contribution in [0.5, 0.6) is 0 Å². The molecular weight excluding hydrogens is 350 g/mol. The Morgan fingerprint density at radius 1 is 1.18 bits per heavy atom. The fourth-order valence-corrected chi connectivity index (χ4v) is 2.73. The molecule has 1 amide bonds. The first-order chi connectivity index (χ1) is 13.5. The molecule has 0 aliphatic carbocycles. The van der Waals surface area contributed by atoms with E-state index in [0.29, 0.717) is 25.3 Å². The van der Waals surface area contributed by atoms with Crippen LogP contribution in [0.25, 0.3) is 0 Å². The summed E-state index contributed by atoms with van der Waals surface area (Å²) in [5, 5.41) is 11.0. The molecule has 0 heterocycles. The maximum absolute atomic E-state index is 12.5. The van der Waals surface area contributed by atoms with Gasteiger partial charge in [-0.2, -0.15) is 0 Å². The molecule has 6 heteroatoms. The Balaban J connectivity index is 2.70. The van der Waals surface area contributed by atoms with E-state index in [0.717, 1.165) is 30.5 Å². The second-order valence-corrected chi connectivity index (χ2v) is 6.79. The summed E-state index contributed by atoms with van der Waals surface area (Å²) in [5.41, 5.74) is 14.1. The molecule has 0 spiro atoms. The molecule has 0 fully saturated rings. The smallest absolute Gasteiger partial charge is 0.238 e. The van der Waals surface area contributed by atoms with Gasteiger partial charge >= 0.3 is 0 Å². The summed E-state index contributed by atoms with van der Waals surface area (Å²) < 4.78 is 0. The van der Waals surface area contributed by atoms with Gasteiger partial charge in [0.15, 0.2) is 0 Å². The lowest BCUT2D eigenvalue weighted by atomic mass is 10.1. The average molecular weight is 386 g/mol. The monoisotopic (exact) mass is 385 g/mol. The van der Waals surface area contributed by atoms with Crippen LogP contribution in [-0.4, -0.2) is 48.7 Å². The second-order valence-electron chi connectivity index (χ2n) is 6.79. The lowest BCUT2D eigenvalue weighted by Crippen LogP contribution is -2.43. The quantitative estimate of drug-likeness (QED) is 0.309. The van der Waals surface area contributed by atoms with E-state index < -0.39 is 0 Å². The predicted molar refractivity (Wildman–Crippen MR) is 119 cm³/mol. The second kappa shape index (κ2) is 13.8. The number of rotatable bonds is 13. The van der Waals surface area contributed by atoms with Gasteiger partial charge in [-0.25, -0.2) is 0 Å². The van der Waals surface area contributed by atoms with Gasteiger partial charge in [0.1, 0.15) is 0 Å². The number of hydrogen-bond donors (Lipinski definition) is 4. The minimum atomic E-state index is -0.175. The molecule has 0 bridgehead atoms. The van der Waals surface area contributed by atoms with E-state index in [1.165, 1.54) is 0 Å². The van der Waals surface area contributed by atoms with E-state index in [-0.39, 0.29) is 18.5 Å². The van der Waals surface area contributed by atoms with Crippen molar-refractivity contribution in [1.29, 1.82) is 5.41 Å². The first-order valence-electron chi connectivity index (χ1n) is 9.95. The van der Waals surface area contributed by atoms with E-state index in [1.54, 1.807) is 6.08 Å². The molecule has 6 N–H and O–H groups in total. The van der Waals surface area contributed by atoms with E-state index in [4.69, 9.17) is 16.9 Å². The number of allylic oxidation sites excluding steroid dienone is 2. The summed E-state index contributed by atoms with van der Waals surface area (Å²) in [6.07, 6.45) is 10.3. The molecule has 1 aromatic carbocycles. The minimum Gasteiger partial charge on any atom is -0.330 e. The van der Waals surface area contributed by atoms with Crippen LogP contribution in [0.2, 0.25) is 0 Å². The normalized spacial score (nSPS) is 12.8. The highest BCUT2D eigenvalue weighted by Gasteiger charge is 2.14. The molecule has 1 rings (SSSR count). The fourth-order valence-electron chi connectivity index (χ4n) is 2.73. The largest absolute Gasteiger partial charge is 0.330 e. The van der Waals surface area contributed by atoms with Crippen molar-refractivity contribution in [3.8, 4) is 0 Å². The van der Waals surface area contributed by atoms with Crippen molar-refractivity contribution in [2.45, 2.75) is 39.2 Å². The Bertz CT molecular complexity index is 651.